The highest BCUT2D eigenvalue weighted by Gasteiger charge is 2.36. The van der Waals surface area contributed by atoms with Gasteiger partial charge in [0.1, 0.15) is 12.1 Å². The van der Waals surface area contributed by atoms with E-state index in [4.69, 9.17) is 10.00 Å². The first kappa shape index (κ1) is 22.1. The molecule has 1 saturated heterocycles. The van der Waals surface area contributed by atoms with E-state index in [0.29, 0.717) is 39.1 Å². The fourth-order valence-corrected chi connectivity index (χ4v) is 2.66. The number of nitrogens with zero attached hydrogens (tertiary/aromatic N) is 2. The Morgan fingerprint density at radius 3 is 2.62 bits per heavy atom. The van der Waals surface area contributed by atoms with Crippen LogP contribution in [-0.4, -0.2) is 61.1 Å². The van der Waals surface area contributed by atoms with Crippen LogP contribution in [-0.2, 0) is 9.53 Å². The smallest absolute Gasteiger partial charge is 0.318 e. The molecule has 1 aliphatic rings. The molecule has 1 fully saturated rings. The Hall–Kier alpha value is -1.95. The van der Waals surface area contributed by atoms with E-state index in [2.05, 4.69) is 10.6 Å². The lowest BCUT2D eigenvalue weighted by molar-refractivity contribution is -0.126. The van der Waals surface area contributed by atoms with Gasteiger partial charge >= 0.3 is 6.03 Å². The Kier molecular flexibility index (Phi) is 9.27. The molecule has 0 unspecified atom stereocenters. The van der Waals surface area contributed by atoms with Crippen molar-refractivity contribution in [2.45, 2.75) is 64.0 Å². The highest BCUT2D eigenvalue weighted by Crippen LogP contribution is 2.26. The Labute approximate surface area is 153 Å². The minimum atomic E-state index is -3.08. The summed E-state index contributed by atoms with van der Waals surface area (Å²) < 4.78 is 33.4. The molecule has 1 rings (SSSR count). The molecule has 7 nitrogen and oxygen atoms in total. The molecule has 0 aromatic rings. The van der Waals surface area contributed by atoms with Gasteiger partial charge in [-0.15, -0.1) is 0 Å². The highest BCUT2D eigenvalue weighted by molar-refractivity contribution is 5.87. The van der Waals surface area contributed by atoms with Crippen LogP contribution in [0.5, 0.6) is 0 Å². The predicted octanol–water partition coefficient (Wildman–Crippen LogP) is 2.03. The Morgan fingerprint density at radius 2 is 2.00 bits per heavy atom. The lowest BCUT2D eigenvalue weighted by atomic mass is 10.0. The molecule has 0 bridgehead atoms. The SMILES string of the molecule is CCCC(F)(F)C[C@H](NC(=O)N1CCCOCC1)C(=O)N[C@H](C#N)CC. The third-order valence-corrected chi connectivity index (χ3v) is 4.12. The van der Waals surface area contributed by atoms with Crippen LogP contribution >= 0.6 is 0 Å². The van der Waals surface area contributed by atoms with Crippen LogP contribution in [0.4, 0.5) is 13.6 Å². The summed E-state index contributed by atoms with van der Waals surface area (Å²) in [6.07, 6.45) is 0.0686. The molecule has 0 aromatic carbocycles. The zero-order valence-corrected chi connectivity index (χ0v) is 15.4. The third kappa shape index (κ3) is 7.52. The summed E-state index contributed by atoms with van der Waals surface area (Å²) in [6, 6.07) is -0.875. The molecule has 26 heavy (non-hydrogen) atoms. The normalized spacial score (nSPS) is 17.6. The van der Waals surface area contributed by atoms with Gasteiger partial charge in [0.15, 0.2) is 0 Å². The van der Waals surface area contributed by atoms with Gasteiger partial charge < -0.3 is 20.3 Å². The van der Waals surface area contributed by atoms with E-state index in [1.165, 1.54) is 4.90 Å². The monoisotopic (exact) mass is 374 g/mol. The number of hydrogen-bond donors (Lipinski definition) is 2. The predicted molar refractivity (Wildman–Crippen MR) is 91.6 cm³/mol. The van der Waals surface area contributed by atoms with Gasteiger partial charge in [-0.1, -0.05) is 20.3 Å². The maximum atomic E-state index is 14.1. The first-order valence-electron chi connectivity index (χ1n) is 9.04. The molecule has 0 saturated carbocycles. The minimum absolute atomic E-state index is 0.258. The van der Waals surface area contributed by atoms with Crippen molar-refractivity contribution in [2.75, 3.05) is 26.3 Å². The summed E-state index contributed by atoms with van der Waals surface area (Å²) in [7, 11) is 0. The van der Waals surface area contributed by atoms with Crippen molar-refractivity contribution in [2.24, 2.45) is 0 Å². The van der Waals surface area contributed by atoms with Crippen LogP contribution in [0.15, 0.2) is 0 Å². The molecular weight excluding hydrogens is 346 g/mol. The van der Waals surface area contributed by atoms with Crippen LogP contribution in [0.2, 0.25) is 0 Å². The molecular formula is C17H28F2N4O3. The Balaban J connectivity index is 2.83. The number of nitrogens with one attached hydrogen (secondary N) is 2. The Bertz CT molecular complexity index is 503. The molecule has 0 aliphatic carbocycles. The van der Waals surface area contributed by atoms with Crippen molar-refractivity contribution in [1.82, 2.24) is 15.5 Å². The second-order valence-corrected chi connectivity index (χ2v) is 6.36. The van der Waals surface area contributed by atoms with Gasteiger partial charge in [-0.2, -0.15) is 5.26 Å². The number of hydrogen-bond acceptors (Lipinski definition) is 4. The van der Waals surface area contributed by atoms with Gasteiger partial charge in [-0.3, -0.25) is 4.79 Å². The summed E-state index contributed by atoms with van der Waals surface area (Å²) in [5, 5.41) is 13.8. The topological polar surface area (TPSA) is 94.5 Å². The second kappa shape index (κ2) is 10.9. The van der Waals surface area contributed by atoms with E-state index in [9.17, 15) is 18.4 Å². The molecule has 0 spiro atoms. The van der Waals surface area contributed by atoms with Gasteiger partial charge in [-0.25, -0.2) is 13.6 Å². The van der Waals surface area contributed by atoms with Crippen LogP contribution in [0.1, 0.15) is 46.0 Å². The van der Waals surface area contributed by atoms with Crippen molar-refractivity contribution in [3.8, 4) is 6.07 Å². The van der Waals surface area contributed by atoms with E-state index >= 15 is 0 Å². The summed E-state index contributed by atoms with van der Waals surface area (Å²) in [4.78, 5) is 26.2. The van der Waals surface area contributed by atoms with E-state index in [-0.39, 0.29) is 12.8 Å². The number of alkyl halides is 2. The maximum absolute atomic E-state index is 14.1. The average molecular weight is 374 g/mol. The second-order valence-electron chi connectivity index (χ2n) is 6.36. The quantitative estimate of drug-likeness (QED) is 0.680. The van der Waals surface area contributed by atoms with Gasteiger partial charge in [0.25, 0.3) is 5.92 Å². The van der Waals surface area contributed by atoms with Crippen molar-refractivity contribution in [3.63, 3.8) is 0 Å². The highest BCUT2D eigenvalue weighted by atomic mass is 19.3. The van der Waals surface area contributed by atoms with E-state index in [0.717, 1.165) is 0 Å². The molecule has 2 N–H and O–H groups in total. The molecule has 3 amide bonds. The molecule has 0 aromatic heterocycles. The Morgan fingerprint density at radius 1 is 1.27 bits per heavy atom. The minimum Gasteiger partial charge on any atom is -0.380 e. The number of rotatable bonds is 8. The van der Waals surface area contributed by atoms with Gasteiger partial charge in [0.05, 0.1) is 12.7 Å². The molecule has 148 valence electrons. The van der Waals surface area contributed by atoms with Gasteiger partial charge in [0, 0.05) is 32.5 Å². The largest absolute Gasteiger partial charge is 0.380 e. The van der Waals surface area contributed by atoms with E-state index < -0.39 is 36.4 Å². The van der Waals surface area contributed by atoms with Crippen LogP contribution < -0.4 is 10.6 Å². The number of carbonyl (C=O) groups excluding carboxylic acids is 2. The van der Waals surface area contributed by atoms with Crippen LogP contribution in [0.3, 0.4) is 0 Å². The molecule has 1 heterocycles. The summed E-state index contributed by atoms with van der Waals surface area (Å²) in [5.41, 5.74) is 0. The van der Waals surface area contributed by atoms with Crippen molar-refractivity contribution in [3.05, 3.63) is 0 Å². The zero-order chi connectivity index (χ0) is 19.6. The fraction of sp³-hybridized carbons (Fsp3) is 0.824. The first-order valence-corrected chi connectivity index (χ1v) is 9.04. The van der Waals surface area contributed by atoms with E-state index in [1.807, 2.05) is 6.07 Å². The average Bonchev–Trinajstić information content (AvgIpc) is 2.87. The maximum Gasteiger partial charge on any atom is 0.318 e. The van der Waals surface area contributed by atoms with Crippen molar-refractivity contribution in [1.29, 1.82) is 5.26 Å². The first-order chi connectivity index (χ1) is 12.3. The lowest BCUT2D eigenvalue weighted by Crippen LogP contribution is -2.54. The number of nitriles is 1. The zero-order valence-electron chi connectivity index (χ0n) is 15.4. The van der Waals surface area contributed by atoms with Crippen LogP contribution in [0, 0.1) is 11.3 Å². The van der Waals surface area contributed by atoms with Crippen LogP contribution in [0.25, 0.3) is 0 Å². The standard InChI is InChI=1S/C17H28F2N4O3/c1-3-6-17(18,19)11-14(15(24)21-13(4-2)12-20)22-16(25)23-7-5-9-26-10-8-23/h13-14H,3-11H2,1-2H3,(H,21,24)(H,22,25)/t13-,14-/m0/s1. The third-order valence-electron chi connectivity index (χ3n) is 4.12. The van der Waals surface area contributed by atoms with Crippen molar-refractivity contribution >= 4 is 11.9 Å². The molecule has 1 aliphatic heterocycles. The summed E-state index contributed by atoms with van der Waals surface area (Å²) >= 11 is 0. The summed E-state index contributed by atoms with van der Waals surface area (Å²) in [5.74, 6) is -3.85. The number of urea groups is 1. The lowest BCUT2D eigenvalue weighted by Gasteiger charge is -2.27. The van der Waals surface area contributed by atoms with Gasteiger partial charge in [-0.05, 0) is 12.8 Å². The molecule has 2 atom stereocenters. The molecule has 0 radical (unpaired) electrons. The number of ether oxygens (including phenoxy) is 1. The fourth-order valence-electron chi connectivity index (χ4n) is 2.66. The molecule has 9 heteroatoms. The number of carbonyl (C=O) groups is 2. The number of halogens is 2. The van der Waals surface area contributed by atoms with Crippen molar-refractivity contribution < 1.29 is 23.1 Å². The number of amides is 3. The van der Waals surface area contributed by atoms with E-state index in [1.54, 1.807) is 13.8 Å². The summed E-state index contributed by atoms with van der Waals surface area (Å²) in [6.45, 7) is 4.99. The van der Waals surface area contributed by atoms with Gasteiger partial charge in [0.2, 0.25) is 5.91 Å².